The van der Waals surface area contributed by atoms with Crippen molar-refractivity contribution < 1.29 is 4.79 Å². The monoisotopic (exact) mass is 290 g/mol. The molecular formula is C17H14N4O. The molecule has 0 radical (unpaired) electrons. The number of fused-ring (bicyclic) bond motifs is 2. The summed E-state index contributed by atoms with van der Waals surface area (Å²) in [4.78, 5) is 12.2. The van der Waals surface area contributed by atoms with Gasteiger partial charge in [0.2, 0.25) is 5.91 Å². The van der Waals surface area contributed by atoms with E-state index in [0.717, 1.165) is 27.5 Å². The number of aromatic nitrogens is 3. The summed E-state index contributed by atoms with van der Waals surface area (Å²) in [6.45, 7) is 0.286. The summed E-state index contributed by atoms with van der Waals surface area (Å²) in [5, 5.41) is 11.9. The van der Waals surface area contributed by atoms with Gasteiger partial charge < -0.3 is 9.88 Å². The maximum Gasteiger partial charge on any atom is 0.244 e. The Balaban J connectivity index is 1.54. The van der Waals surface area contributed by atoms with Crippen LogP contribution in [0.15, 0.2) is 60.9 Å². The number of para-hydroxylation sites is 1. The third kappa shape index (κ3) is 2.22. The molecule has 1 amide bonds. The quantitative estimate of drug-likeness (QED) is 0.609. The number of carbonyl (C=O) groups is 1. The molecule has 0 aliphatic heterocycles. The highest BCUT2D eigenvalue weighted by Gasteiger charge is 2.07. The van der Waals surface area contributed by atoms with Crippen molar-refractivity contribution >= 4 is 33.4 Å². The predicted octanol–water partition coefficient (Wildman–Crippen LogP) is 3.16. The van der Waals surface area contributed by atoms with E-state index in [4.69, 9.17) is 0 Å². The maximum atomic E-state index is 12.2. The van der Waals surface area contributed by atoms with E-state index in [9.17, 15) is 4.79 Å². The first-order valence-electron chi connectivity index (χ1n) is 7.06. The highest BCUT2D eigenvalue weighted by molar-refractivity contribution is 5.94. The SMILES string of the molecule is O=C(Cn1ccc2ccccc21)Nc1ccc2cn[nH]c2c1. The van der Waals surface area contributed by atoms with Gasteiger partial charge in [-0.2, -0.15) is 5.10 Å². The summed E-state index contributed by atoms with van der Waals surface area (Å²) in [6.07, 6.45) is 3.69. The first-order valence-corrected chi connectivity index (χ1v) is 7.06. The number of benzene rings is 2. The Kier molecular flexibility index (Phi) is 2.89. The van der Waals surface area contributed by atoms with Crippen molar-refractivity contribution in [1.82, 2.24) is 14.8 Å². The molecule has 4 rings (SSSR count). The standard InChI is InChI=1S/C17H14N4O/c22-17(11-21-8-7-12-3-1-2-4-16(12)21)19-14-6-5-13-10-18-20-15(13)9-14/h1-10H,11H2,(H,18,20)(H,19,22). The van der Waals surface area contributed by atoms with Crippen molar-refractivity contribution in [2.75, 3.05) is 5.32 Å². The van der Waals surface area contributed by atoms with Crippen LogP contribution in [-0.2, 0) is 11.3 Å². The van der Waals surface area contributed by atoms with Crippen molar-refractivity contribution in [3.63, 3.8) is 0 Å². The van der Waals surface area contributed by atoms with E-state index < -0.39 is 0 Å². The van der Waals surface area contributed by atoms with Gasteiger partial charge >= 0.3 is 0 Å². The van der Waals surface area contributed by atoms with Gasteiger partial charge in [-0.1, -0.05) is 18.2 Å². The Labute approximate surface area is 126 Å². The van der Waals surface area contributed by atoms with Gasteiger partial charge in [0.15, 0.2) is 0 Å². The van der Waals surface area contributed by atoms with E-state index in [0.29, 0.717) is 0 Å². The van der Waals surface area contributed by atoms with Crippen LogP contribution in [0.4, 0.5) is 5.69 Å². The number of rotatable bonds is 3. The number of anilines is 1. The van der Waals surface area contributed by atoms with E-state index >= 15 is 0 Å². The third-order valence-electron chi connectivity index (χ3n) is 3.72. The second-order valence-corrected chi connectivity index (χ2v) is 5.22. The van der Waals surface area contributed by atoms with Gasteiger partial charge in [-0.3, -0.25) is 9.89 Å². The molecule has 0 bridgehead atoms. The summed E-state index contributed by atoms with van der Waals surface area (Å²) >= 11 is 0. The fourth-order valence-electron chi connectivity index (χ4n) is 2.65. The molecule has 2 N–H and O–H groups in total. The molecule has 5 heteroatoms. The van der Waals surface area contributed by atoms with Crippen molar-refractivity contribution in [1.29, 1.82) is 0 Å². The molecule has 2 aromatic carbocycles. The first-order chi connectivity index (χ1) is 10.8. The van der Waals surface area contributed by atoms with Gasteiger partial charge in [0.25, 0.3) is 0 Å². The molecule has 108 valence electrons. The topological polar surface area (TPSA) is 62.7 Å². The Hall–Kier alpha value is -3.08. The summed E-state index contributed by atoms with van der Waals surface area (Å²) in [6, 6.07) is 15.7. The fraction of sp³-hybridized carbons (Fsp3) is 0.0588. The largest absolute Gasteiger partial charge is 0.338 e. The minimum atomic E-state index is -0.0554. The molecule has 0 spiro atoms. The number of carbonyl (C=O) groups excluding carboxylic acids is 1. The Morgan fingerprint density at radius 3 is 3.00 bits per heavy atom. The van der Waals surface area contributed by atoms with E-state index in [-0.39, 0.29) is 12.5 Å². The average Bonchev–Trinajstić information content (AvgIpc) is 3.14. The lowest BCUT2D eigenvalue weighted by molar-refractivity contribution is -0.116. The van der Waals surface area contributed by atoms with Crippen LogP contribution in [0.2, 0.25) is 0 Å². The van der Waals surface area contributed by atoms with Crippen LogP contribution >= 0.6 is 0 Å². The molecule has 0 saturated heterocycles. The van der Waals surface area contributed by atoms with Crippen LogP contribution in [-0.4, -0.2) is 20.7 Å². The third-order valence-corrected chi connectivity index (χ3v) is 3.72. The zero-order chi connectivity index (χ0) is 14.9. The summed E-state index contributed by atoms with van der Waals surface area (Å²) < 4.78 is 1.94. The molecule has 2 aromatic heterocycles. The fourth-order valence-corrected chi connectivity index (χ4v) is 2.65. The van der Waals surface area contributed by atoms with Crippen LogP contribution in [0.3, 0.4) is 0 Å². The Morgan fingerprint density at radius 2 is 2.05 bits per heavy atom. The number of nitrogens with zero attached hydrogens (tertiary/aromatic N) is 2. The molecule has 0 fully saturated rings. The van der Waals surface area contributed by atoms with Gasteiger partial charge in [0, 0.05) is 22.8 Å². The molecule has 0 aliphatic rings. The molecule has 22 heavy (non-hydrogen) atoms. The lowest BCUT2D eigenvalue weighted by Crippen LogP contribution is -2.18. The molecule has 0 atom stereocenters. The van der Waals surface area contributed by atoms with Crippen molar-refractivity contribution in [3.05, 3.63) is 60.9 Å². The van der Waals surface area contributed by atoms with Gasteiger partial charge in [-0.25, -0.2) is 0 Å². The number of H-pyrrole nitrogens is 1. The van der Waals surface area contributed by atoms with Gasteiger partial charge in [-0.15, -0.1) is 0 Å². The highest BCUT2D eigenvalue weighted by Crippen LogP contribution is 2.18. The number of aromatic amines is 1. The average molecular weight is 290 g/mol. The minimum absolute atomic E-state index is 0.0554. The lowest BCUT2D eigenvalue weighted by atomic mass is 10.2. The van der Waals surface area contributed by atoms with E-state index in [1.807, 2.05) is 59.3 Å². The van der Waals surface area contributed by atoms with Gasteiger partial charge in [0.1, 0.15) is 6.54 Å². The zero-order valence-corrected chi connectivity index (χ0v) is 11.8. The molecule has 2 heterocycles. The van der Waals surface area contributed by atoms with E-state index in [1.165, 1.54) is 0 Å². The summed E-state index contributed by atoms with van der Waals surface area (Å²) in [7, 11) is 0. The number of nitrogens with one attached hydrogen (secondary N) is 2. The predicted molar refractivity (Wildman–Crippen MR) is 86.7 cm³/mol. The van der Waals surface area contributed by atoms with Crippen molar-refractivity contribution in [2.45, 2.75) is 6.54 Å². The number of hydrogen-bond acceptors (Lipinski definition) is 2. The summed E-state index contributed by atoms with van der Waals surface area (Å²) in [5.41, 5.74) is 2.73. The minimum Gasteiger partial charge on any atom is -0.338 e. The van der Waals surface area contributed by atoms with Crippen LogP contribution in [0.25, 0.3) is 21.8 Å². The second kappa shape index (κ2) is 5.04. The zero-order valence-electron chi connectivity index (χ0n) is 11.8. The van der Waals surface area contributed by atoms with Crippen LogP contribution in [0.5, 0.6) is 0 Å². The molecule has 0 saturated carbocycles. The molecular weight excluding hydrogens is 276 g/mol. The van der Waals surface area contributed by atoms with Crippen LogP contribution in [0.1, 0.15) is 0 Å². The van der Waals surface area contributed by atoms with Gasteiger partial charge in [0.05, 0.1) is 11.7 Å². The number of amides is 1. The highest BCUT2D eigenvalue weighted by atomic mass is 16.1. The molecule has 0 aliphatic carbocycles. The van der Waals surface area contributed by atoms with Crippen LogP contribution in [0, 0.1) is 0 Å². The molecule has 0 unspecified atom stereocenters. The smallest absolute Gasteiger partial charge is 0.244 e. The molecule has 5 nitrogen and oxygen atoms in total. The van der Waals surface area contributed by atoms with E-state index in [1.54, 1.807) is 6.20 Å². The Bertz CT molecular complexity index is 967. The second-order valence-electron chi connectivity index (χ2n) is 5.22. The molecule has 4 aromatic rings. The summed E-state index contributed by atoms with van der Waals surface area (Å²) in [5.74, 6) is -0.0554. The first kappa shape index (κ1) is 12.6. The van der Waals surface area contributed by atoms with Crippen molar-refractivity contribution in [2.24, 2.45) is 0 Å². The van der Waals surface area contributed by atoms with Gasteiger partial charge in [-0.05, 0) is 35.7 Å². The lowest BCUT2D eigenvalue weighted by Gasteiger charge is -2.07. The maximum absolute atomic E-state index is 12.2. The number of hydrogen-bond donors (Lipinski definition) is 2. The van der Waals surface area contributed by atoms with E-state index in [2.05, 4.69) is 15.5 Å². The van der Waals surface area contributed by atoms with Crippen molar-refractivity contribution in [3.8, 4) is 0 Å². The van der Waals surface area contributed by atoms with Crippen LogP contribution < -0.4 is 5.32 Å². The Morgan fingerprint density at radius 1 is 1.14 bits per heavy atom. The normalized spacial score (nSPS) is 11.1.